The van der Waals surface area contributed by atoms with Crippen LogP contribution in [0.5, 0.6) is 0 Å². The Balaban J connectivity index is 2.41. The van der Waals surface area contributed by atoms with Crippen molar-refractivity contribution in [2.75, 3.05) is 13.6 Å². The van der Waals surface area contributed by atoms with Crippen LogP contribution in [0.2, 0.25) is 0 Å². The molecule has 0 aliphatic heterocycles. The quantitative estimate of drug-likeness (QED) is 0.858. The minimum absolute atomic E-state index is 0.198. The van der Waals surface area contributed by atoms with Gasteiger partial charge in [-0.1, -0.05) is 6.92 Å². The summed E-state index contributed by atoms with van der Waals surface area (Å²) < 4.78 is 0. The minimum Gasteiger partial charge on any atom is -0.481 e. The minimum atomic E-state index is -0.900. The number of amides is 2. The predicted octanol–water partition coefficient (Wildman–Crippen LogP) is 1.92. The Morgan fingerprint density at radius 2 is 2.17 bits per heavy atom. The highest BCUT2D eigenvalue weighted by Gasteiger charge is 2.17. The predicted molar refractivity (Wildman–Crippen MR) is 70.7 cm³/mol. The van der Waals surface area contributed by atoms with Gasteiger partial charge in [0, 0.05) is 20.1 Å². The first-order valence-electron chi connectivity index (χ1n) is 5.65. The van der Waals surface area contributed by atoms with E-state index in [0.717, 1.165) is 11.1 Å². The molecule has 0 fully saturated rings. The second-order valence-corrected chi connectivity index (χ2v) is 5.10. The van der Waals surface area contributed by atoms with E-state index in [1.165, 1.54) is 4.90 Å². The lowest BCUT2D eigenvalue weighted by atomic mass is 10.2. The fourth-order valence-corrected chi connectivity index (χ4v) is 2.30. The third kappa shape index (κ3) is 4.03. The smallest absolute Gasteiger partial charge is 0.317 e. The number of carboxylic acid groups (broad SMARTS) is 1. The van der Waals surface area contributed by atoms with Crippen molar-refractivity contribution in [3.63, 3.8) is 0 Å². The fraction of sp³-hybridized carbons (Fsp3) is 0.500. The number of hydrogen-bond donors (Lipinski definition) is 2. The molecule has 6 heteroatoms. The number of nitrogens with zero attached hydrogens (tertiary/aromatic N) is 1. The van der Waals surface area contributed by atoms with Gasteiger partial charge >= 0.3 is 12.0 Å². The highest BCUT2D eigenvalue weighted by molar-refractivity contribution is 7.08. The van der Waals surface area contributed by atoms with Crippen LogP contribution in [0.15, 0.2) is 10.8 Å². The van der Waals surface area contributed by atoms with Crippen LogP contribution in [0.4, 0.5) is 4.79 Å². The molecule has 0 aliphatic rings. The third-order valence-corrected chi connectivity index (χ3v) is 3.62. The molecular weight excluding hydrogens is 252 g/mol. The zero-order valence-electron chi connectivity index (χ0n) is 10.8. The van der Waals surface area contributed by atoms with Gasteiger partial charge in [0.2, 0.25) is 0 Å². The molecule has 1 aromatic rings. The maximum atomic E-state index is 11.7. The van der Waals surface area contributed by atoms with Crippen LogP contribution >= 0.6 is 11.3 Å². The molecule has 1 heterocycles. The van der Waals surface area contributed by atoms with Gasteiger partial charge in [0.05, 0.1) is 5.92 Å². The number of hydrogen-bond acceptors (Lipinski definition) is 3. The van der Waals surface area contributed by atoms with Crippen molar-refractivity contribution < 1.29 is 14.7 Å². The Morgan fingerprint density at radius 1 is 1.50 bits per heavy atom. The van der Waals surface area contributed by atoms with Crippen LogP contribution in [-0.2, 0) is 11.3 Å². The van der Waals surface area contributed by atoms with Gasteiger partial charge in [-0.15, -0.1) is 0 Å². The van der Waals surface area contributed by atoms with Gasteiger partial charge in [0.25, 0.3) is 0 Å². The van der Waals surface area contributed by atoms with Crippen molar-refractivity contribution in [1.82, 2.24) is 10.2 Å². The molecule has 5 nitrogen and oxygen atoms in total. The van der Waals surface area contributed by atoms with Crippen molar-refractivity contribution in [3.05, 3.63) is 21.9 Å². The molecule has 1 aromatic heterocycles. The largest absolute Gasteiger partial charge is 0.481 e. The summed E-state index contributed by atoms with van der Waals surface area (Å²) in [6, 6.07) is -0.256. The summed E-state index contributed by atoms with van der Waals surface area (Å²) in [7, 11) is 1.59. The average molecular weight is 270 g/mol. The molecule has 1 unspecified atom stereocenters. The second kappa shape index (κ2) is 6.39. The van der Waals surface area contributed by atoms with Gasteiger partial charge < -0.3 is 15.3 Å². The Bertz CT molecular complexity index is 431. The summed E-state index contributed by atoms with van der Waals surface area (Å²) in [6.07, 6.45) is 0. The second-order valence-electron chi connectivity index (χ2n) is 4.36. The molecule has 0 spiro atoms. The van der Waals surface area contributed by atoms with Crippen molar-refractivity contribution in [2.24, 2.45) is 5.92 Å². The summed E-state index contributed by atoms with van der Waals surface area (Å²) in [5.41, 5.74) is 2.25. The molecule has 1 rings (SSSR count). The number of carbonyl (C=O) groups excluding carboxylic acids is 1. The first kappa shape index (κ1) is 14.5. The van der Waals surface area contributed by atoms with Gasteiger partial charge in [0.15, 0.2) is 0 Å². The van der Waals surface area contributed by atoms with Crippen LogP contribution in [0.1, 0.15) is 18.1 Å². The number of carbonyl (C=O) groups is 2. The molecule has 2 amide bonds. The SMILES string of the molecule is Cc1cscc1CNC(=O)N(C)CC(C)C(=O)O. The molecule has 100 valence electrons. The van der Waals surface area contributed by atoms with Crippen LogP contribution in [-0.4, -0.2) is 35.6 Å². The monoisotopic (exact) mass is 270 g/mol. The zero-order chi connectivity index (χ0) is 13.7. The van der Waals surface area contributed by atoms with Gasteiger partial charge in [-0.05, 0) is 28.8 Å². The van der Waals surface area contributed by atoms with Gasteiger partial charge in [-0.25, -0.2) is 4.79 Å². The van der Waals surface area contributed by atoms with E-state index in [1.807, 2.05) is 17.7 Å². The number of thiophene rings is 1. The van der Waals surface area contributed by atoms with E-state index in [0.29, 0.717) is 6.54 Å². The maximum Gasteiger partial charge on any atom is 0.317 e. The van der Waals surface area contributed by atoms with E-state index in [1.54, 1.807) is 25.3 Å². The molecule has 0 aliphatic carbocycles. The molecule has 2 N–H and O–H groups in total. The van der Waals surface area contributed by atoms with E-state index >= 15 is 0 Å². The van der Waals surface area contributed by atoms with E-state index in [4.69, 9.17) is 5.11 Å². The Hall–Kier alpha value is -1.56. The number of aliphatic carboxylic acids is 1. The number of nitrogens with one attached hydrogen (secondary N) is 1. The van der Waals surface area contributed by atoms with Gasteiger partial charge in [-0.2, -0.15) is 11.3 Å². The molecule has 0 aromatic carbocycles. The van der Waals surface area contributed by atoms with Crippen LogP contribution in [0.3, 0.4) is 0 Å². The summed E-state index contributed by atoms with van der Waals surface area (Å²) in [4.78, 5) is 23.8. The molecular formula is C12H18N2O3S. The van der Waals surface area contributed by atoms with Crippen molar-refractivity contribution in [1.29, 1.82) is 0 Å². The summed E-state index contributed by atoms with van der Waals surface area (Å²) in [5.74, 6) is -1.47. The average Bonchev–Trinajstić information content (AvgIpc) is 2.71. The van der Waals surface area contributed by atoms with Crippen LogP contribution in [0, 0.1) is 12.8 Å². The maximum absolute atomic E-state index is 11.7. The van der Waals surface area contributed by atoms with Crippen molar-refractivity contribution in [2.45, 2.75) is 20.4 Å². The highest BCUT2D eigenvalue weighted by atomic mass is 32.1. The van der Waals surface area contributed by atoms with Gasteiger partial charge in [-0.3, -0.25) is 4.79 Å². The Labute approximate surface area is 110 Å². The highest BCUT2D eigenvalue weighted by Crippen LogP contribution is 2.13. The van der Waals surface area contributed by atoms with Crippen molar-refractivity contribution in [3.8, 4) is 0 Å². The van der Waals surface area contributed by atoms with E-state index in [2.05, 4.69) is 5.32 Å². The Morgan fingerprint density at radius 3 is 2.67 bits per heavy atom. The lowest BCUT2D eigenvalue weighted by Crippen LogP contribution is -2.40. The van der Waals surface area contributed by atoms with Gasteiger partial charge in [0.1, 0.15) is 0 Å². The summed E-state index contributed by atoms with van der Waals surface area (Å²) in [6.45, 7) is 4.24. The zero-order valence-corrected chi connectivity index (χ0v) is 11.6. The van der Waals surface area contributed by atoms with E-state index < -0.39 is 11.9 Å². The van der Waals surface area contributed by atoms with Crippen molar-refractivity contribution >= 4 is 23.3 Å². The van der Waals surface area contributed by atoms with Crippen LogP contribution < -0.4 is 5.32 Å². The van der Waals surface area contributed by atoms with E-state index in [9.17, 15) is 9.59 Å². The molecule has 1 atom stereocenters. The topological polar surface area (TPSA) is 69.6 Å². The molecule has 0 radical (unpaired) electrons. The Kier molecular flexibility index (Phi) is 5.15. The third-order valence-electron chi connectivity index (χ3n) is 2.71. The normalized spacial score (nSPS) is 11.9. The first-order valence-corrected chi connectivity index (χ1v) is 6.59. The number of urea groups is 1. The summed E-state index contributed by atoms with van der Waals surface area (Å²) >= 11 is 1.60. The van der Waals surface area contributed by atoms with Crippen LogP contribution in [0.25, 0.3) is 0 Å². The number of aryl methyl sites for hydroxylation is 1. The first-order chi connectivity index (χ1) is 8.41. The van der Waals surface area contributed by atoms with E-state index in [-0.39, 0.29) is 12.6 Å². The lowest BCUT2D eigenvalue weighted by molar-refractivity contribution is -0.141. The molecule has 0 bridgehead atoms. The standard InChI is InChI=1S/C12H18N2O3S/c1-8(11(15)16)5-14(3)12(17)13-4-10-7-18-6-9(10)2/h6-8H,4-5H2,1-3H3,(H,13,17)(H,15,16). The molecule has 0 saturated heterocycles. The number of carboxylic acids is 1. The molecule has 18 heavy (non-hydrogen) atoms. The fourth-order valence-electron chi connectivity index (χ4n) is 1.45. The lowest BCUT2D eigenvalue weighted by Gasteiger charge is -2.20. The molecule has 0 saturated carbocycles. The summed E-state index contributed by atoms with van der Waals surface area (Å²) in [5, 5.41) is 15.6. The number of rotatable bonds is 5.